The molecule has 1 saturated heterocycles. The third-order valence-corrected chi connectivity index (χ3v) is 6.07. The Hall–Kier alpha value is -3.45. The average Bonchev–Trinajstić information content (AvgIpc) is 2.84. The number of Topliss-reactive ketones (excluding diaryl/α,β-unsaturated/α-hetero) is 1. The molecule has 2 heterocycles. The molecule has 7 nitrogen and oxygen atoms in total. The number of benzene rings is 2. The molecular weight excluding hydrogens is 440 g/mol. The van der Waals surface area contributed by atoms with E-state index in [-0.39, 0.29) is 30.2 Å². The van der Waals surface area contributed by atoms with Crippen LogP contribution in [0, 0.1) is 0 Å². The number of hydrogen-bond acceptors (Lipinski definition) is 5. The maximum Gasteiger partial charge on any atom is 0.266 e. The number of ketones is 1. The average molecular weight is 465 g/mol. The lowest BCUT2D eigenvalue weighted by molar-refractivity contribution is -0.131. The van der Waals surface area contributed by atoms with E-state index in [1.165, 1.54) is 10.7 Å². The first-order valence-corrected chi connectivity index (χ1v) is 11.3. The predicted octanol–water partition coefficient (Wildman–Crippen LogP) is 3.51. The van der Waals surface area contributed by atoms with E-state index < -0.39 is 0 Å². The van der Waals surface area contributed by atoms with Crippen LogP contribution in [-0.4, -0.2) is 52.5 Å². The summed E-state index contributed by atoms with van der Waals surface area (Å²) in [4.78, 5) is 40.5. The zero-order valence-electron chi connectivity index (χ0n) is 18.4. The highest BCUT2D eigenvalue weighted by molar-refractivity contribution is 6.30. The Bertz CT molecular complexity index is 1200. The van der Waals surface area contributed by atoms with Crippen molar-refractivity contribution in [2.75, 3.05) is 31.1 Å². The molecule has 33 heavy (non-hydrogen) atoms. The molecule has 8 heteroatoms. The molecule has 170 valence electrons. The van der Waals surface area contributed by atoms with Crippen LogP contribution in [0.1, 0.15) is 23.7 Å². The largest absolute Gasteiger partial charge is 0.368 e. The van der Waals surface area contributed by atoms with E-state index >= 15 is 0 Å². The van der Waals surface area contributed by atoms with Crippen LogP contribution in [0.4, 0.5) is 5.69 Å². The first kappa shape index (κ1) is 22.7. The fourth-order valence-corrected chi connectivity index (χ4v) is 3.99. The molecule has 4 rings (SSSR count). The Morgan fingerprint density at radius 3 is 2.21 bits per heavy atom. The van der Waals surface area contributed by atoms with Gasteiger partial charge in [-0.3, -0.25) is 14.4 Å². The van der Waals surface area contributed by atoms with E-state index in [4.69, 9.17) is 11.6 Å². The van der Waals surface area contributed by atoms with Gasteiger partial charge in [-0.2, -0.15) is 5.10 Å². The smallest absolute Gasteiger partial charge is 0.266 e. The van der Waals surface area contributed by atoms with Crippen LogP contribution in [0.3, 0.4) is 0 Å². The maximum absolute atomic E-state index is 12.8. The number of rotatable bonds is 6. The Morgan fingerprint density at radius 1 is 0.909 bits per heavy atom. The van der Waals surface area contributed by atoms with E-state index in [0.717, 1.165) is 24.3 Å². The van der Waals surface area contributed by atoms with Gasteiger partial charge in [-0.15, -0.1) is 0 Å². The van der Waals surface area contributed by atoms with Gasteiger partial charge in [0.25, 0.3) is 5.56 Å². The molecule has 1 fully saturated rings. The van der Waals surface area contributed by atoms with Crippen molar-refractivity contribution < 1.29 is 9.59 Å². The molecular formula is C25H25ClN4O3. The summed E-state index contributed by atoms with van der Waals surface area (Å²) < 4.78 is 1.34. The number of carbonyl (C=O) groups is 2. The maximum atomic E-state index is 12.8. The highest BCUT2D eigenvalue weighted by Crippen LogP contribution is 2.19. The molecule has 3 aromatic rings. The third-order valence-electron chi connectivity index (χ3n) is 5.82. The van der Waals surface area contributed by atoms with Gasteiger partial charge in [0, 0.05) is 60.5 Å². The second-order valence-corrected chi connectivity index (χ2v) is 8.44. The van der Waals surface area contributed by atoms with Crippen molar-refractivity contribution in [1.82, 2.24) is 14.7 Å². The van der Waals surface area contributed by atoms with Gasteiger partial charge in [-0.05, 0) is 49.4 Å². The Morgan fingerprint density at radius 2 is 1.58 bits per heavy atom. The van der Waals surface area contributed by atoms with Crippen molar-refractivity contribution in [3.8, 4) is 11.3 Å². The molecule has 0 N–H and O–H groups in total. The summed E-state index contributed by atoms with van der Waals surface area (Å²) in [7, 11) is 0. The molecule has 0 unspecified atom stereocenters. The Kier molecular flexibility index (Phi) is 6.89. The fourth-order valence-electron chi connectivity index (χ4n) is 3.86. The van der Waals surface area contributed by atoms with E-state index in [1.807, 2.05) is 41.3 Å². The molecule has 1 amide bonds. The van der Waals surface area contributed by atoms with Gasteiger partial charge >= 0.3 is 0 Å². The number of nitrogens with zero attached hydrogens (tertiary/aromatic N) is 4. The van der Waals surface area contributed by atoms with E-state index in [2.05, 4.69) is 10.00 Å². The minimum absolute atomic E-state index is 0.00664. The summed E-state index contributed by atoms with van der Waals surface area (Å²) >= 11 is 5.94. The van der Waals surface area contributed by atoms with Crippen molar-refractivity contribution in [2.24, 2.45) is 0 Å². The Labute approximate surface area is 197 Å². The normalized spacial score (nSPS) is 13.8. The fraction of sp³-hybridized carbons (Fsp3) is 0.280. The number of hydrogen-bond donors (Lipinski definition) is 0. The second kappa shape index (κ2) is 10.0. The molecule has 0 aliphatic carbocycles. The molecule has 1 aliphatic heterocycles. The molecule has 0 radical (unpaired) electrons. The highest BCUT2D eigenvalue weighted by atomic mass is 35.5. The predicted molar refractivity (Wildman–Crippen MR) is 129 cm³/mol. The van der Waals surface area contributed by atoms with E-state index in [1.54, 1.807) is 25.1 Å². The van der Waals surface area contributed by atoms with Crippen LogP contribution < -0.4 is 10.5 Å². The molecule has 0 bridgehead atoms. The first-order chi connectivity index (χ1) is 15.9. The number of piperazine rings is 1. The third kappa shape index (κ3) is 5.49. The molecule has 0 spiro atoms. The van der Waals surface area contributed by atoms with Crippen molar-refractivity contribution in [2.45, 2.75) is 19.9 Å². The van der Waals surface area contributed by atoms with Crippen molar-refractivity contribution in [1.29, 1.82) is 0 Å². The number of aromatic nitrogens is 2. The van der Waals surface area contributed by atoms with Gasteiger partial charge in [0.05, 0.1) is 12.2 Å². The highest BCUT2D eigenvalue weighted by Gasteiger charge is 2.21. The van der Waals surface area contributed by atoms with Crippen LogP contribution in [0.5, 0.6) is 0 Å². The summed E-state index contributed by atoms with van der Waals surface area (Å²) in [5.74, 6) is 0.0523. The number of halogens is 1. The quantitative estimate of drug-likeness (QED) is 0.522. The standard InChI is InChI=1S/C25H25ClN4O3/c1-18(31)19-4-8-22(9-5-19)28-14-16-29(17-15-28)24(32)12-13-30-25(33)11-10-23(27-30)20-2-6-21(26)7-3-20/h2-11H,12-17H2,1H3. The van der Waals surface area contributed by atoms with Gasteiger partial charge in [-0.1, -0.05) is 23.7 Å². The summed E-state index contributed by atoms with van der Waals surface area (Å²) in [5, 5.41) is 5.05. The van der Waals surface area contributed by atoms with Crippen LogP contribution in [0.15, 0.2) is 65.5 Å². The monoisotopic (exact) mass is 464 g/mol. The lowest BCUT2D eigenvalue weighted by atomic mass is 10.1. The lowest BCUT2D eigenvalue weighted by Gasteiger charge is -2.36. The van der Waals surface area contributed by atoms with Crippen molar-refractivity contribution >= 4 is 29.0 Å². The van der Waals surface area contributed by atoms with E-state index in [0.29, 0.717) is 29.4 Å². The Balaban J connectivity index is 1.33. The lowest BCUT2D eigenvalue weighted by Crippen LogP contribution is -2.49. The van der Waals surface area contributed by atoms with Gasteiger partial charge in [0.15, 0.2) is 5.78 Å². The summed E-state index contributed by atoms with van der Waals surface area (Å²) in [6, 6.07) is 17.9. The molecule has 2 aromatic carbocycles. The van der Waals surface area contributed by atoms with Crippen LogP contribution in [-0.2, 0) is 11.3 Å². The number of aryl methyl sites for hydroxylation is 1. The summed E-state index contributed by atoms with van der Waals surface area (Å²) in [6.07, 6.45) is 0.213. The second-order valence-electron chi connectivity index (χ2n) is 8.01. The summed E-state index contributed by atoms with van der Waals surface area (Å²) in [5.41, 5.74) is 3.01. The minimum Gasteiger partial charge on any atom is -0.368 e. The topological polar surface area (TPSA) is 75.5 Å². The number of anilines is 1. The van der Waals surface area contributed by atoms with Gasteiger partial charge in [0.1, 0.15) is 0 Å². The zero-order valence-corrected chi connectivity index (χ0v) is 19.2. The SMILES string of the molecule is CC(=O)c1ccc(N2CCN(C(=O)CCn3nc(-c4ccc(Cl)cc4)ccc3=O)CC2)cc1. The summed E-state index contributed by atoms with van der Waals surface area (Å²) in [6.45, 7) is 4.44. The van der Waals surface area contributed by atoms with Crippen molar-refractivity contribution in [3.05, 3.63) is 81.6 Å². The molecule has 1 aromatic heterocycles. The molecule has 0 saturated carbocycles. The van der Waals surface area contributed by atoms with Gasteiger partial charge in [0.2, 0.25) is 5.91 Å². The van der Waals surface area contributed by atoms with Crippen LogP contribution in [0.2, 0.25) is 5.02 Å². The zero-order chi connectivity index (χ0) is 23.4. The van der Waals surface area contributed by atoms with Crippen LogP contribution in [0.25, 0.3) is 11.3 Å². The van der Waals surface area contributed by atoms with Crippen LogP contribution >= 0.6 is 11.6 Å². The van der Waals surface area contributed by atoms with Gasteiger partial charge in [-0.25, -0.2) is 4.68 Å². The number of carbonyl (C=O) groups excluding carboxylic acids is 2. The van der Waals surface area contributed by atoms with E-state index in [9.17, 15) is 14.4 Å². The molecule has 1 aliphatic rings. The van der Waals surface area contributed by atoms with Gasteiger partial charge < -0.3 is 9.80 Å². The minimum atomic E-state index is -0.237. The number of amides is 1. The van der Waals surface area contributed by atoms with Crippen molar-refractivity contribution in [3.63, 3.8) is 0 Å². The molecule has 0 atom stereocenters. The first-order valence-electron chi connectivity index (χ1n) is 10.9.